The zero-order valence-corrected chi connectivity index (χ0v) is 16.2. The Balaban J connectivity index is 1.35. The van der Waals surface area contributed by atoms with Crippen molar-refractivity contribution in [3.05, 3.63) is 59.9 Å². The Morgan fingerprint density at radius 3 is 2.89 bits per heavy atom. The lowest BCUT2D eigenvalue weighted by atomic mass is 10.0. The Morgan fingerprint density at radius 1 is 1.30 bits per heavy atom. The molecule has 0 saturated carbocycles. The van der Waals surface area contributed by atoms with Crippen LogP contribution in [0.5, 0.6) is 0 Å². The van der Waals surface area contributed by atoms with Gasteiger partial charge in [0.25, 0.3) is 0 Å². The third-order valence-electron chi connectivity index (χ3n) is 5.44. The van der Waals surface area contributed by atoms with Gasteiger partial charge in [-0.05, 0) is 29.7 Å². The van der Waals surface area contributed by atoms with E-state index in [9.17, 15) is 0 Å². The van der Waals surface area contributed by atoms with Crippen LogP contribution in [0.4, 0.5) is 5.69 Å². The van der Waals surface area contributed by atoms with Crippen LogP contribution >= 0.6 is 0 Å². The Morgan fingerprint density at radius 2 is 2.15 bits per heavy atom. The molecule has 1 saturated heterocycles. The number of nitrogens with zero attached hydrogens (tertiary/aromatic N) is 5. The Hall–Kier alpha value is -2.76. The van der Waals surface area contributed by atoms with Crippen molar-refractivity contribution in [2.45, 2.75) is 18.9 Å². The third-order valence-corrected chi connectivity index (χ3v) is 5.44. The quantitative estimate of drug-likeness (QED) is 0.514. The van der Waals surface area contributed by atoms with Gasteiger partial charge >= 0.3 is 0 Å². The minimum atomic E-state index is 0.531. The first-order valence-corrected chi connectivity index (χ1v) is 9.66. The van der Waals surface area contributed by atoms with Crippen molar-refractivity contribution >= 4 is 11.6 Å². The summed E-state index contributed by atoms with van der Waals surface area (Å²) in [5.74, 6) is 1.51. The molecule has 1 aromatic carbocycles. The van der Waals surface area contributed by atoms with E-state index in [1.165, 1.54) is 16.8 Å². The molecule has 0 bridgehead atoms. The summed E-state index contributed by atoms with van der Waals surface area (Å²) in [4.78, 5) is 9.23. The van der Waals surface area contributed by atoms with Crippen molar-refractivity contribution in [2.24, 2.45) is 12.0 Å². The van der Waals surface area contributed by atoms with Gasteiger partial charge in [0, 0.05) is 64.6 Å². The SMILES string of the molecule is CN=C(NCc1cccc(N2CC=CC2)c1)N1CCC(c2cnn(C)c2)C1. The number of anilines is 1. The van der Waals surface area contributed by atoms with E-state index in [4.69, 9.17) is 0 Å². The summed E-state index contributed by atoms with van der Waals surface area (Å²) >= 11 is 0. The smallest absolute Gasteiger partial charge is 0.193 e. The van der Waals surface area contributed by atoms with E-state index in [0.29, 0.717) is 5.92 Å². The van der Waals surface area contributed by atoms with Crippen molar-refractivity contribution in [2.75, 3.05) is 38.1 Å². The molecular weight excluding hydrogens is 336 g/mol. The van der Waals surface area contributed by atoms with Crippen molar-refractivity contribution in [1.82, 2.24) is 20.0 Å². The highest BCUT2D eigenvalue weighted by Crippen LogP contribution is 2.26. The molecule has 1 N–H and O–H groups in total. The summed E-state index contributed by atoms with van der Waals surface area (Å²) in [6.45, 7) is 4.81. The molecule has 4 rings (SSSR count). The second kappa shape index (κ2) is 7.86. The van der Waals surface area contributed by atoms with Gasteiger partial charge in [-0.2, -0.15) is 5.10 Å². The lowest BCUT2D eigenvalue weighted by Gasteiger charge is -2.22. The Bertz CT molecular complexity index is 829. The number of hydrogen-bond acceptors (Lipinski definition) is 3. The van der Waals surface area contributed by atoms with E-state index in [1.807, 2.05) is 25.0 Å². The maximum Gasteiger partial charge on any atom is 0.193 e. The molecule has 1 fully saturated rings. The van der Waals surface area contributed by atoms with E-state index >= 15 is 0 Å². The van der Waals surface area contributed by atoms with Gasteiger partial charge in [0.2, 0.25) is 0 Å². The second-order valence-electron chi connectivity index (χ2n) is 7.33. The van der Waals surface area contributed by atoms with Crippen molar-refractivity contribution < 1.29 is 0 Å². The molecule has 0 spiro atoms. The molecule has 2 aliphatic heterocycles. The van der Waals surface area contributed by atoms with Crippen molar-refractivity contribution in [3.8, 4) is 0 Å². The van der Waals surface area contributed by atoms with Crippen molar-refractivity contribution in [3.63, 3.8) is 0 Å². The van der Waals surface area contributed by atoms with E-state index in [0.717, 1.165) is 45.1 Å². The fourth-order valence-electron chi connectivity index (χ4n) is 3.94. The zero-order chi connectivity index (χ0) is 18.6. The molecule has 142 valence electrons. The molecule has 27 heavy (non-hydrogen) atoms. The molecule has 1 unspecified atom stereocenters. The van der Waals surface area contributed by atoms with Gasteiger partial charge in [-0.3, -0.25) is 9.67 Å². The number of guanidine groups is 1. The fraction of sp³-hybridized carbons (Fsp3) is 0.429. The summed E-state index contributed by atoms with van der Waals surface area (Å²) in [6.07, 6.45) is 9.70. The highest BCUT2D eigenvalue weighted by atomic mass is 15.3. The number of hydrogen-bond donors (Lipinski definition) is 1. The van der Waals surface area contributed by atoms with Crippen LogP contribution in [0.1, 0.15) is 23.5 Å². The highest BCUT2D eigenvalue weighted by molar-refractivity contribution is 5.80. The summed E-state index contributed by atoms with van der Waals surface area (Å²) in [6, 6.07) is 8.78. The van der Waals surface area contributed by atoms with Gasteiger partial charge in [-0.25, -0.2) is 0 Å². The standard InChI is InChI=1S/C21H28N6/c1-22-21(27-11-8-18(16-27)19-14-24-25(2)15-19)23-13-17-6-5-7-20(12-17)26-9-3-4-10-26/h3-7,12,14-15,18H,8-11,13,16H2,1-2H3,(H,22,23). The molecule has 0 amide bonds. The predicted octanol–water partition coefficient (Wildman–Crippen LogP) is 2.36. The lowest BCUT2D eigenvalue weighted by Crippen LogP contribution is -2.39. The van der Waals surface area contributed by atoms with Gasteiger partial charge < -0.3 is 15.1 Å². The number of aliphatic imine (C=N–C) groups is 1. The van der Waals surface area contributed by atoms with Gasteiger partial charge in [0.15, 0.2) is 5.96 Å². The molecule has 1 aromatic heterocycles. The summed E-state index contributed by atoms with van der Waals surface area (Å²) < 4.78 is 1.88. The van der Waals surface area contributed by atoms with Gasteiger partial charge in [-0.15, -0.1) is 0 Å². The molecule has 0 radical (unpaired) electrons. The zero-order valence-electron chi connectivity index (χ0n) is 16.2. The van der Waals surface area contributed by atoms with E-state index in [2.05, 4.69) is 67.8 Å². The van der Waals surface area contributed by atoms with E-state index in [-0.39, 0.29) is 0 Å². The number of aromatic nitrogens is 2. The van der Waals surface area contributed by atoms with Crippen LogP contribution < -0.4 is 10.2 Å². The summed E-state index contributed by atoms with van der Waals surface area (Å²) in [5, 5.41) is 7.86. The minimum Gasteiger partial charge on any atom is -0.364 e. The van der Waals surface area contributed by atoms with Crippen LogP contribution in [-0.2, 0) is 13.6 Å². The second-order valence-corrected chi connectivity index (χ2v) is 7.33. The van der Waals surface area contributed by atoms with Gasteiger partial charge in [0.05, 0.1) is 6.20 Å². The average molecular weight is 364 g/mol. The molecular formula is C21H28N6. The molecule has 2 aromatic rings. The molecule has 6 heteroatoms. The van der Waals surface area contributed by atoms with Crippen LogP contribution in [0, 0.1) is 0 Å². The Kier molecular flexibility index (Phi) is 5.14. The Labute approximate surface area is 161 Å². The van der Waals surface area contributed by atoms with E-state index in [1.54, 1.807) is 0 Å². The number of likely N-dealkylation sites (tertiary alicyclic amines) is 1. The van der Waals surface area contributed by atoms with Crippen LogP contribution in [0.2, 0.25) is 0 Å². The number of rotatable bonds is 4. The summed E-state index contributed by atoms with van der Waals surface area (Å²) in [7, 11) is 3.84. The average Bonchev–Trinajstić information content (AvgIpc) is 3.44. The fourth-order valence-corrected chi connectivity index (χ4v) is 3.94. The van der Waals surface area contributed by atoms with E-state index < -0.39 is 0 Å². The van der Waals surface area contributed by atoms with Crippen molar-refractivity contribution in [1.29, 1.82) is 0 Å². The van der Waals surface area contributed by atoms with Crippen LogP contribution in [0.25, 0.3) is 0 Å². The topological polar surface area (TPSA) is 48.7 Å². The van der Waals surface area contributed by atoms with Gasteiger partial charge in [-0.1, -0.05) is 24.3 Å². The molecule has 6 nitrogen and oxygen atoms in total. The molecule has 2 aliphatic rings. The molecule has 1 atom stereocenters. The van der Waals surface area contributed by atoms with Gasteiger partial charge in [0.1, 0.15) is 0 Å². The first-order valence-electron chi connectivity index (χ1n) is 9.66. The number of aryl methyl sites for hydroxylation is 1. The first kappa shape index (κ1) is 17.6. The number of nitrogens with one attached hydrogen (secondary N) is 1. The molecule has 3 heterocycles. The molecule has 0 aliphatic carbocycles. The largest absolute Gasteiger partial charge is 0.364 e. The normalized spacial score (nSPS) is 19.9. The maximum absolute atomic E-state index is 4.51. The highest BCUT2D eigenvalue weighted by Gasteiger charge is 2.26. The maximum atomic E-state index is 4.51. The lowest BCUT2D eigenvalue weighted by molar-refractivity contribution is 0.486. The van der Waals surface area contributed by atoms with Crippen LogP contribution in [0.3, 0.4) is 0 Å². The summed E-state index contributed by atoms with van der Waals surface area (Å²) in [5.41, 5.74) is 3.89. The minimum absolute atomic E-state index is 0.531. The predicted molar refractivity (Wildman–Crippen MR) is 110 cm³/mol. The third kappa shape index (κ3) is 3.99. The first-order chi connectivity index (χ1) is 13.2. The van der Waals surface area contributed by atoms with Crippen LogP contribution in [-0.4, -0.2) is 53.9 Å². The number of benzene rings is 1. The van der Waals surface area contributed by atoms with Crippen LogP contribution in [0.15, 0.2) is 53.8 Å². The monoisotopic (exact) mass is 364 g/mol.